The number of ketones is 1. The van der Waals surface area contributed by atoms with Gasteiger partial charge in [0.05, 0.1) is 15.5 Å². The van der Waals surface area contributed by atoms with Gasteiger partial charge in [0.1, 0.15) is 0 Å². The number of thiazole rings is 1. The van der Waals surface area contributed by atoms with Gasteiger partial charge in [-0.1, -0.05) is 47.7 Å². The zero-order chi connectivity index (χ0) is 21.9. The van der Waals surface area contributed by atoms with Crippen molar-refractivity contribution < 1.29 is 18.0 Å². The molecule has 3 aromatic rings. The molecule has 30 heavy (non-hydrogen) atoms. The van der Waals surface area contributed by atoms with Crippen molar-refractivity contribution in [3.05, 3.63) is 65.0 Å². The summed E-state index contributed by atoms with van der Waals surface area (Å²) in [6.45, 7) is 4.88. The Morgan fingerprint density at radius 2 is 1.73 bits per heavy atom. The topological polar surface area (TPSA) is 105 Å². The predicted octanol–water partition coefficient (Wildman–Crippen LogP) is 3.95. The third-order valence-corrected chi connectivity index (χ3v) is 6.74. The Morgan fingerprint density at radius 3 is 2.37 bits per heavy atom. The molecule has 0 radical (unpaired) electrons. The van der Waals surface area contributed by atoms with Gasteiger partial charge >= 0.3 is 0 Å². The summed E-state index contributed by atoms with van der Waals surface area (Å²) in [7, 11) is -3.73. The molecule has 2 aromatic carbocycles. The summed E-state index contributed by atoms with van der Waals surface area (Å²) >= 11 is 1.08. The van der Waals surface area contributed by atoms with Crippen molar-refractivity contribution in [1.29, 1.82) is 0 Å². The molecule has 1 aromatic heterocycles. The highest BCUT2D eigenvalue weighted by Gasteiger charge is 2.20. The summed E-state index contributed by atoms with van der Waals surface area (Å²) < 4.78 is 27.2. The van der Waals surface area contributed by atoms with E-state index in [9.17, 15) is 18.0 Å². The zero-order valence-electron chi connectivity index (χ0n) is 16.7. The summed E-state index contributed by atoms with van der Waals surface area (Å²) in [6, 6.07) is 14.7. The van der Waals surface area contributed by atoms with Gasteiger partial charge in [0.2, 0.25) is 10.0 Å². The van der Waals surface area contributed by atoms with E-state index in [1.807, 2.05) is 30.3 Å². The average Bonchev–Trinajstić information content (AvgIpc) is 3.12. The lowest BCUT2D eigenvalue weighted by molar-refractivity contribution is 0.101. The van der Waals surface area contributed by atoms with E-state index in [1.54, 1.807) is 13.8 Å². The summed E-state index contributed by atoms with van der Waals surface area (Å²) in [5, 5.41) is 2.93. The molecule has 0 bridgehead atoms. The van der Waals surface area contributed by atoms with Crippen LogP contribution in [-0.4, -0.2) is 31.1 Å². The number of Topliss-reactive ketones (excluding diaryl/α,β-unsaturated/α-hetero) is 1. The SMILES string of the molecule is CC(=O)c1sc(NC(=O)c2cccc(S(=O)(=O)NC(C)C)c2)nc1-c1ccccc1. The van der Waals surface area contributed by atoms with Gasteiger partial charge < -0.3 is 0 Å². The maximum Gasteiger partial charge on any atom is 0.257 e. The minimum Gasteiger partial charge on any atom is -0.298 e. The van der Waals surface area contributed by atoms with Crippen molar-refractivity contribution in [2.75, 3.05) is 5.32 Å². The number of anilines is 1. The van der Waals surface area contributed by atoms with E-state index in [0.29, 0.717) is 10.6 Å². The van der Waals surface area contributed by atoms with E-state index in [2.05, 4.69) is 15.0 Å². The molecule has 0 unspecified atom stereocenters. The van der Waals surface area contributed by atoms with Crippen LogP contribution in [0.4, 0.5) is 5.13 Å². The van der Waals surface area contributed by atoms with Gasteiger partial charge in [-0.05, 0) is 32.0 Å². The molecule has 156 valence electrons. The number of aromatic nitrogens is 1. The molecule has 0 saturated heterocycles. The second-order valence-electron chi connectivity index (χ2n) is 6.88. The first-order chi connectivity index (χ1) is 14.2. The fraction of sp³-hybridized carbons (Fsp3) is 0.190. The van der Waals surface area contributed by atoms with Crippen molar-refractivity contribution in [3.63, 3.8) is 0 Å². The fourth-order valence-electron chi connectivity index (χ4n) is 2.76. The van der Waals surface area contributed by atoms with Crippen LogP contribution in [0.5, 0.6) is 0 Å². The van der Waals surface area contributed by atoms with E-state index < -0.39 is 15.9 Å². The lowest BCUT2D eigenvalue weighted by atomic mass is 10.1. The van der Waals surface area contributed by atoms with Crippen LogP contribution in [0.3, 0.4) is 0 Å². The monoisotopic (exact) mass is 443 g/mol. The van der Waals surface area contributed by atoms with E-state index >= 15 is 0 Å². The largest absolute Gasteiger partial charge is 0.298 e. The lowest BCUT2D eigenvalue weighted by Gasteiger charge is -2.10. The molecule has 1 heterocycles. The van der Waals surface area contributed by atoms with Gasteiger partial charge in [-0.2, -0.15) is 0 Å². The Hall–Kier alpha value is -2.88. The Bertz CT molecular complexity index is 1190. The number of benzene rings is 2. The minimum absolute atomic E-state index is 0.00242. The van der Waals surface area contributed by atoms with Crippen LogP contribution in [0.15, 0.2) is 59.5 Å². The number of carbonyl (C=O) groups is 2. The summed E-state index contributed by atoms with van der Waals surface area (Å²) in [5.41, 5.74) is 1.44. The molecule has 2 N–H and O–H groups in total. The first kappa shape index (κ1) is 21.8. The fourth-order valence-corrected chi connectivity index (χ4v) is 4.93. The van der Waals surface area contributed by atoms with Gasteiger partial charge in [0.25, 0.3) is 5.91 Å². The Balaban J connectivity index is 1.88. The van der Waals surface area contributed by atoms with Crippen LogP contribution in [-0.2, 0) is 10.0 Å². The Kier molecular flexibility index (Phi) is 6.45. The van der Waals surface area contributed by atoms with Crippen LogP contribution in [0, 0.1) is 0 Å². The first-order valence-electron chi connectivity index (χ1n) is 9.18. The van der Waals surface area contributed by atoms with E-state index in [0.717, 1.165) is 16.9 Å². The van der Waals surface area contributed by atoms with E-state index in [4.69, 9.17) is 0 Å². The second-order valence-corrected chi connectivity index (χ2v) is 9.59. The Labute approximate surface area is 179 Å². The van der Waals surface area contributed by atoms with Crippen molar-refractivity contribution in [3.8, 4) is 11.3 Å². The molecule has 0 aliphatic rings. The number of nitrogens with zero attached hydrogens (tertiary/aromatic N) is 1. The Morgan fingerprint density at radius 1 is 1.03 bits per heavy atom. The summed E-state index contributed by atoms with van der Waals surface area (Å²) in [4.78, 5) is 29.6. The van der Waals surface area contributed by atoms with Crippen LogP contribution >= 0.6 is 11.3 Å². The van der Waals surface area contributed by atoms with Crippen molar-refractivity contribution in [1.82, 2.24) is 9.71 Å². The van der Waals surface area contributed by atoms with Crippen LogP contribution in [0.25, 0.3) is 11.3 Å². The van der Waals surface area contributed by atoms with Gasteiger partial charge in [-0.15, -0.1) is 0 Å². The maximum atomic E-state index is 12.7. The molecule has 0 saturated carbocycles. The highest BCUT2D eigenvalue weighted by Crippen LogP contribution is 2.31. The molecule has 0 spiro atoms. The summed E-state index contributed by atoms with van der Waals surface area (Å²) in [6.07, 6.45) is 0. The van der Waals surface area contributed by atoms with E-state index in [1.165, 1.54) is 31.2 Å². The summed E-state index contributed by atoms with van der Waals surface area (Å²) in [5.74, 6) is -0.667. The van der Waals surface area contributed by atoms with E-state index in [-0.39, 0.29) is 27.4 Å². The highest BCUT2D eigenvalue weighted by atomic mass is 32.2. The molecule has 1 amide bonds. The number of hydrogen-bond acceptors (Lipinski definition) is 6. The van der Waals surface area contributed by atoms with Crippen molar-refractivity contribution in [2.24, 2.45) is 0 Å². The highest BCUT2D eigenvalue weighted by molar-refractivity contribution is 7.89. The number of carbonyl (C=O) groups excluding carboxylic acids is 2. The van der Waals surface area contributed by atoms with Gasteiger partial charge in [-0.3, -0.25) is 14.9 Å². The third kappa shape index (κ3) is 4.99. The number of rotatable bonds is 7. The zero-order valence-corrected chi connectivity index (χ0v) is 18.3. The normalized spacial score (nSPS) is 11.5. The number of amides is 1. The number of nitrogens with one attached hydrogen (secondary N) is 2. The molecule has 0 atom stereocenters. The van der Waals surface area contributed by atoms with Crippen LogP contribution < -0.4 is 10.0 Å². The molecule has 3 rings (SSSR count). The lowest BCUT2D eigenvalue weighted by Crippen LogP contribution is -2.30. The molecule has 9 heteroatoms. The first-order valence-corrected chi connectivity index (χ1v) is 11.5. The predicted molar refractivity (Wildman–Crippen MR) is 117 cm³/mol. The van der Waals surface area contributed by atoms with Crippen LogP contribution in [0.2, 0.25) is 0 Å². The van der Waals surface area contributed by atoms with Gasteiger partial charge in [-0.25, -0.2) is 18.1 Å². The molecular formula is C21H21N3O4S2. The minimum atomic E-state index is -3.73. The third-order valence-electron chi connectivity index (χ3n) is 4.01. The molecule has 7 nitrogen and oxygen atoms in total. The van der Waals surface area contributed by atoms with Gasteiger partial charge in [0, 0.05) is 24.1 Å². The molecule has 0 aliphatic carbocycles. The smallest absolute Gasteiger partial charge is 0.257 e. The second kappa shape index (κ2) is 8.86. The van der Waals surface area contributed by atoms with Crippen molar-refractivity contribution >= 4 is 38.2 Å². The molecule has 0 aliphatic heterocycles. The van der Waals surface area contributed by atoms with Crippen LogP contribution in [0.1, 0.15) is 40.8 Å². The standard InChI is InChI=1S/C21H21N3O4S2/c1-13(2)24-30(27,28)17-11-7-10-16(12-17)20(26)23-21-22-18(19(29-21)14(3)25)15-8-5-4-6-9-15/h4-13,24H,1-3H3,(H,22,23,26). The quantitative estimate of drug-likeness (QED) is 0.538. The number of sulfonamides is 1. The van der Waals surface area contributed by atoms with Crippen molar-refractivity contribution in [2.45, 2.75) is 31.7 Å². The number of hydrogen-bond donors (Lipinski definition) is 2. The van der Waals surface area contributed by atoms with Gasteiger partial charge in [0.15, 0.2) is 10.9 Å². The molecular weight excluding hydrogens is 422 g/mol. The molecule has 0 fully saturated rings. The maximum absolute atomic E-state index is 12.7. The average molecular weight is 444 g/mol.